The maximum Gasteiger partial charge on any atom is 0.292 e. The zero-order valence-corrected chi connectivity index (χ0v) is 15.5. The molecule has 0 fully saturated rings. The van der Waals surface area contributed by atoms with Crippen LogP contribution in [-0.4, -0.2) is 27.7 Å². The maximum atomic E-state index is 13.8. The fourth-order valence-electron chi connectivity index (χ4n) is 2.71. The second-order valence-electron chi connectivity index (χ2n) is 6.73. The summed E-state index contributed by atoms with van der Waals surface area (Å²) in [6, 6.07) is 8.29. The van der Waals surface area contributed by atoms with Gasteiger partial charge in [0.05, 0.1) is 5.52 Å². The normalized spacial score (nSPS) is 11.0. The Labute approximate surface area is 160 Å². The number of aromatic nitrogens is 2. The van der Waals surface area contributed by atoms with Crippen LogP contribution in [0.1, 0.15) is 41.4 Å². The van der Waals surface area contributed by atoms with Crippen LogP contribution in [0.15, 0.2) is 42.6 Å². The van der Waals surface area contributed by atoms with Gasteiger partial charge in [0.25, 0.3) is 11.8 Å². The molecule has 0 saturated carbocycles. The largest absolute Gasteiger partial charge is 0.351 e. The van der Waals surface area contributed by atoms with Crippen LogP contribution in [0.25, 0.3) is 5.52 Å². The lowest BCUT2D eigenvalue weighted by atomic mass is 10.1. The number of fused-ring (bicyclic) bond motifs is 1. The molecule has 1 aromatic carbocycles. The zero-order valence-electron chi connectivity index (χ0n) is 15.5. The van der Waals surface area contributed by atoms with E-state index in [9.17, 15) is 18.4 Å². The highest BCUT2D eigenvalue weighted by atomic mass is 19.1. The highest BCUT2D eigenvalue weighted by molar-refractivity contribution is 6.06. The molecule has 8 heteroatoms. The van der Waals surface area contributed by atoms with E-state index in [-0.39, 0.29) is 11.5 Å². The minimum Gasteiger partial charge on any atom is -0.351 e. The molecule has 2 amide bonds. The molecule has 0 unspecified atom stereocenters. The van der Waals surface area contributed by atoms with E-state index in [1.54, 1.807) is 24.4 Å². The molecule has 0 spiro atoms. The average molecular weight is 386 g/mol. The first kappa shape index (κ1) is 19.5. The van der Waals surface area contributed by atoms with Crippen molar-refractivity contribution in [1.82, 2.24) is 14.7 Å². The maximum absolute atomic E-state index is 13.8. The minimum absolute atomic E-state index is 0.0727. The molecule has 3 aromatic rings. The highest BCUT2D eigenvalue weighted by Crippen LogP contribution is 2.20. The molecule has 6 nitrogen and oxygen atoms in total. The van der Waals surface area contributed by atoms with E-state index in [1.807, 2.05) is 13.8 Å². The second kappa shape index (κ2) is 8.16. The number of rotatable bonds is 6. The number of para-hydroxylation sites is 1. The van der Waals surface area contributed by atoms with Crippen LogP contribution < -0.4 is 10.6 Å². The van der Waals surface area contributed by atoms with Crippen molar-refractivity contribution in [2.24, 2.45) is 5.92 Å². The first-order valence-electron chi connectivity index (χ1n) is 8.89. The molecule has 2 heterocycles. The van der Waals surface area contributed by atoms with E-state index < -0.39 is 29.1 Å². The van der Waals surface area contributed by atoms with Gasteiger partial charge in [0.1, 0.15) is 17.3 Å². The van der Waals surface area contributed by atoms with Gasteiger partial charge in [-0.15, -0.1) is 0 Å². The lowest BCUT2D eigenvalue weighted by molar-refractivity contribution is 0.0949. The summed E-state index contributed by atoms with van der Waals surface area (Å²) in [5.41, 5.74) is -0.0738. The third-order valence-corrected chi connectivity index (χ3v) is 4.18. The summed E-state index contributed by atoms with van der Waals surface area (Å²) in [7, 11) is 0. The van der Waals surface area contributed by atoms with Crippen molar-refractivity contribution in [3.8, 4) is 0 Å². The molecule has 0 radical (unpaired) electrons. The Bertz CT molecular complexity index is 1010. The van der Waals surface area contributed by atoms with E-state index >= 15 is 0 Å². The van der Waals surface area contributed by atoms with Gasteiger partial charge in [0.2, 0.25) is 5.82 Å². The van der Waals surface area contributed by atoms with E-state index in [0.717, 1.165) is 18.6 Å². The summed E-state index contributed by atoms with van der Waals surface area (Å²) in [4.78, 5) is 29.3. The molecule has 2 aromatic heterocycles. The lowest BCUT2D eigenvalue weighted by Gasteiger charge is -2.06. The van der Waals surface area contributed by atoms with Crippen LogP contribution in [0.5, 0.6) is 0 Å². The second-order valence-corrected chi connectivity index (χ2v) is 6.73. The SMILES string of the molecule is CC(C)CCNC(=O)c1nc(C(=O)Nc2c(F)cccc2F)n2ccccc12. The van der Waals surface area contributed by atoms with Crippen LogP contribution in [0.3, 0.4) is 0 Å². The number of nitrogens with zero attached hydrogens (tertiary/aromatic N) is 2. The number of carbonyl (C=O) groups excluding carboxylic acids is 2. The third kappa shape index (κ3) is 4.00. The van der Waals surface area contributed by atoms with E-state index in [2.05, 4.69) is 15.6 Å². The summed E-state index contributed by atoms with van der Waals surface area (Å²) in [6.07, 6.45) is 2.36. The van der Waals surface area contributed by atoms with Crippen LogP contribution in [-0.2, 0) is 0 Å². The molecule has 28 heavy (non-hydrogen) atoms. The Morgan fingerprint density at radius 1 is 1.07 bits per heavy atom. The van der Waals surface area contributed by atoms with Gasteiger partial charge in [-0.2, -0.15) is 0 Å². The van der Waals surface area contributed by atoms with Crippen molar-refractivity contribution in [1.29, 1.82) is 0 Å². The summed E-state index contributed by atoms with van der Waals surface area (Å²) in [5.74, 6) is -2.77. The van der Waals surface area contributed by atoms with Crippen LogP contribution in [0, 0.1) is 17.6 Å². The summed E-state index contributed by atoms with van der Waals surface area (Å²) < 4.78 is 29.1. The summed E-state index contributed by atoms with van der Waals surface area (Å²) in [5, 5.41) is 4.97. The molecule has 0 atom stereocenters. The number of amides is 2. The molecular formula is C20H20F2N4O2. The van der Waals surface area contributed by atoms with Gasteiger partial charge in [-0.25, -0.2) is 13.8 Å². The Hall–Kier alpha value is -3.29. The van der Waals surface area contributed by atoms with Crippen molar-refractivity contribution < 1.29 is 18.4 Å². The predicted molar refractivity (Wildman–Crippen MR) is 101 cm³/mol. The number of hydrogen-bond acceptors (Lipinski definition) is 3. The summed E-state index contributed by atoms with van der Waals surface area (Å²) >= 11 is 0. The van der Waals surface area contributed by atoms with Crippen molar-refractivity contribution in [2.45, 2.75) is 20.3 Å². The zero-order chi connectivity index (χ0) is 20.3. The van der Waals surface area contributed by atoms with E-state index in [4.69, 9.17) is 0 Å². The van der Waals surface area contributed by atoms with Crippen LogP contribution in [0.2, 0.25) is 0 Å². The molecule has 0 aliphatic rings. The predicted octanol–water partition coefficient (Wildman–Crippen LogP) is 3.64. The van der Waals surface area contributed by atoms with Crippen LogP contribution in [0.4, 0.5) is 14.5 Å². The Morgan fingerprint density at radius 3 is 2.46 bits per heavy atom. The van der Waals surface area contributed by atoms with Gasteiger partial charge in [0.15, 0.2) is 5.69 Å². The number of nitrogens with one attached hydrogen (secondary N) is 2. The Kier molecular flexibility index (Phi) is 5.67. The first-order valence-corrected chi connectivity index (χ1v) is 8.89. The highest BCUT2D eigenvalue weighted by Gasteiger charge is 2.23. The molecular weight excluding hydrogens is 366 g/mol. The minimum atomic E-state index is -0.902. The standard InChI is InChI=1S/C20H20F2N4O2/c1-12(2)9-10-23-19(27)17-15-8-3-4-11-26(15)18(24-17)20(28)25-16-13(21)6-5-7-14(16)22/h3-8,11-12H,9-10H2,1-2H3,(H,23,27)(H,25,28). The van der Waals surface area contributed by atoms with Gasteiger partial charge < -0.3 is 10.6 Å². The molecule has 0 saturated heterocycles. The molecule has 2 N–H and O–H groups in total. The molecule has 0 bridgehead atoms. The number of anilines is 1. The number of benzene rings is 1. The number of imidazole rings is 1. The first-order chi connectivity index (χ1) is 13.4. The Morgan fingerprint density at radius 2 is 1.79 bits per heavy atom. The average Bonchev–Trinajstić information content (AvgIpc) is 3.04. The lowest BCUT2D eigenvalue weighted by Crippen LogP contribution is -2.26. The van der Waals surface area contributed by atoms with Gasteiger partial charge in [-0.05, 0) is 36.6 Å². The Balaban J connectivity index is 1.91. The molecule has 0 aliphatic heterocycles. The molecule has 0 aliphatic carbocycles. The van der Waals surface area contributed by atoms with Gasteiger partial charge in [-0.3, -0.25) is 14.0 Å². The van der Waals surface area contributed by atoms with Gasteiger partial charge >= 0.3 is 0 Å². The van der Waals surface area contributed by atoms with E-state index in [0.29, 0.717) is 18.0 Å². The fraction of sp³-hybridized carbons (Fsp3) is 0.250. The van der Waals surface area contributed by atoms with Gasteiger partial charge in [0, 0.05) is 12.7 Å². The topological polar surface area (TPSA) is 75.5 Å². The number of pyridine rings is 1. The smallest absolute Gasteiger partial charge is 0.292 e. The third-order valence-electron chi connectivity index (χ3n) is 4.18. The molecule has 146 valence electrons. The van der Waals surface area contributed by atoms with Crippen LogP contribution >= 0.6 is 0 Å². The quantitative estimate of drug-likeness (QED) is 0.679. The monoisotopic (exact) mass is 386 g/mol. The summed E-state index contributed by atoms with van der Waals surface area (Å²) in [6.45, 7) is 4.56. The number of carbonyl (C=O) groups is 2. The van der Waals surface area contributed by atoms with Crippen molar-refractivity contribution in [3.05, 3.63) is 65.7 Å². The van der Waals surface area contributed by atoms with Crippen molar-refractivity contribution in [3.63, 3.8) is 0 Å². The van der Waals surface area contributed by atoms with Crippen molar-refractivity contribution >= 4 is 23.0 Å². The number of hydrogen-bond donors (Lipinski definition) is 2. The number of halogens is 2. The van der Waals surface area contributed by atoms with Gasteiger partial charge in [-0.1, -0.05) is 26.0 Å². The van der Waals surface area contributed by atoms with Crippen molar-refractivity contribution in [2.75, 3.05) is 11.9 Å². The fourth-order valence-corrected chi connectivity index (χ4v) is 2.71. The molecule has 3 rings (SSSR count). The van der Waals surface area contributed by atoms with E-state index in [1.165, 1.54) is 10.5 Å².